The molecule has 0 aliphatic rings. The van der Waals surface area contributed by atoms with Crippen molar-refractivity contribution in [3.8, 4) is 5.75 Å². The monoisotopic (exact) mass is 554 g/mol. The fourth-order valence-electron chi connectivity index (χ4n) is 3.73. The number of amides is 1. The molecule has 1 unspecified atom stereocenters. The van der Waals surface area contributed by atoms with Crippen molar-refractivity contribution in [3.63, 3.8) is 0 Å². The van der Waals surface area contributed by atoms with E-state index in [1.54, 1.807) is 0 Å². The number of nitrogens with one attached hydrogen (secondary N) is 1. The predicted molar refractivity (Wildman–Crippen MR) is 140 cm³/mol. The first kappa shape index (κ1) is 28.8. The van der Waals surface area contributed by atoms with E-state index in [4.69, 9.17) is 16.3 Å². The summed E-state index contributed by atoms with van der Waals surface area (Å²) in [6.07, 6.45) is -5.07. The molecule has 0 bridgehead atoms. The first-order chi connectivity index (χ1) is 17.4. The molecule has 0 aliphatic carbocycles. The molecule has 11 heteroatoms. The van der Waals surface area contributed by atoms with Crippen LogP contribution in [0.2, 0.25) is 5.02 Å². The number of para-hydroxylation sites is 1. The van der Waals surface area contributed by atoms with E-state index in [9.17, 15) is 18.0 Å². The lowest BCUT2D eigenvalue weighted by Crippen LogP contribution is -2.19. The number of thioether (sulfide) groups is 1. The number of alkyl halides is 3. The standard InChI is InChI=1S/C26H30ClF3N4O2S/c1-15(2)13-34-24(17(5)36-22-9-7-6-8-19(22)16(3)4)32-33-25(34)37-14-23(35)31-21-11-10-18(27)12-20(21)26(28,29)30/h6-12,15-17H,13-14H2,1-5H3,(H,31,35). The zero-order valence-corrected chi connectivity index (χ0v) is 22.8. The van der Waals surface area contributed by atoms with Crippen LogP contribution in [0.4, 0.5) is 18.9 Å². The molecule has 0 saturated carbocycles. The lowest BCUT2D eigenvalue weighted by atomic mass is 10.0. The number of hydrogen-bond acceptors (Lipinski definition) is 5. The van der Waals surface area contributed by atoms with E-state index in [1.807, 2.05) is 49.6 Å². The minimum Gasteiger partial charge on any atom is -0.482 e. The van der Waals surface area contributed by atoms with Gasteiger partial charge in [0, 0.05) is 11.6 Å². The van der Waals surface area contributed by atoms with Gasteiger partial charge in [-0.25, -0.2) is 0 Å². The fourth-order valence-corrected chi connectivity index (χ4v) is 4.66. The summed E-state index contributed by atoms with van der Waals surface area (Å²) >= 11 is 6.82. The molecule has 1 amide bonds. The average molecular weight is 555 g/mol. The van der Waals surface area contributed by atoms with Crippen LogP contribution in [0.15, 0.2) is 47.6 Å². The van der Waals surface area contributed by atoms with Gasteiger partial charge in [0.05, 0.1) is 17.0 Å². The lowest BCUT2D eigenvalue weighted by Gasteiger charge is -2.20. The van der Waals surface area contributed by atoms with E-state index in [0.717, 1.165) is 35.2 Å². The van der Waals surface area contributed by atoms with Gasteiger partial charge in [0.1, 0.15) is 5.75 Å². The van der Waals surface area contributed by atoms with Gasteiger partial charge >= 0.3 is 6.18 Å². The molecule has 3 rings (SSSR count). The Bertz CT molecular complexity index is 1230. The Labute approximate surface area is 223 Å². The van der Waals surface area contributed by atoms with E-state index in [2.05, 4.69) is 29.4 Å². The van der Waals surface area contributed by atoms with Crippen molar-refractivity contribution in [1.29, 1.82) is 0 Å². The summed E-state index contributed by atoms with van der Waals surface area (Å²) < 4.78 is 48.2. The van der Waals surface area contributed by atoms with Gasteiger partial charge in [-0.2, -0.15) is 13.2 Å². The molecule has 37 heavy (non-hydrogen) atoms. The Morgan fingerprint density at radius 1 is 1.11 bits per heavy atom. The van der Waals surface area contributed by atoms with Crippen LogP contribution in [0, 0.1) is 5.92 Å². The van der Waals surface area contributed by atoms with Crippen molar-refractivity contribution in [3.05, 3.63) is 64.4 Å². The zero-order valence-electron chi connectivity index (χ0n) is 21.3. The highest BCUT2D eigenvalue weighted by Crippen LogP contribution is 2.37. The first-order valence-electron chi connectivity index (χ1n) is 11.8. The minimum atomic E-state index is -4.66. The molecule has 0 spiro atoms. The molecule has 0 fully saturated rings. The van der Waals surface area contributed by atoms with Crippen LogP contribution in [0.3, 0.4) is 0 Å². The smallest absolute Gasteiger partial charge is 0.418 e. The lowest BCUT2D eigenvalue weighted by molar-refractivity contribution is -0.137. The Morgan fingerprint density at radius 3 is 2.46 bits per heavy atom. The largest absolute Gasteiger partial charge is 0.482 e. The predicted octanol–water partition coefficient (Wildman–Crippen LogP) is 7.60. The molecule has 3 aromatic rings. The Kier molecular flexibility index (Phi) is 9.52. The van der Waals surface area contributed by atoms with Gasteiger partial charge in [-0.15, -0.1) is 10.2 Å². The van der Waals surface area contributed by atoms with Crippen molar-refractivity contribution < 1.29 is 22.7 Å². The normalized spacial score (nSPS) is 12.7. The molecule has 0 radical (unpaired) electrons. The first-order valence-corrected chi connectivity index (χ1v) is 13.2. The van der Waals surface area contributed by atoms with Gasteiger partial charge < -0.3 is 14.6 Å². The van der Waals surface area contributed by atoms with E-state index in [-0.39, 0.29) is 28.3 Å². The molecule has 6 nitrogen and oxygen atoms in total. The minimum absolute atomic E-state index is 0.0682. The van der Waals surface area contributed by atoms with E-state index in [1.165, 1.54) is 6.07 Å². The molecule has 2 aromatic carbocycles. The van der Waals surface area contributed by atoms with Crippen LogP contribution in [0.25, 0.3) is 0 Å². The number of benzene rings is 2. The van der Waals surface area contributed by atoms with Crippen molar-refractivity contribution in [1.82, 2.24) is 14.8 Å². The summed E-state index contributed by atoms with van der Waals surface area (Å²) in [5.74, 6) is 1.14. The molecule has 0 saturated heterocycles. The van der Waals surface area contributed by atoms with E-state index < -0.39 is 23.8 Å². The van der Waals surface area contributed by atoms with E-state index >= 15 is 0 Å². The zero-order chi connectivity index (χ0) is 27.3. The summed E-state index contributed by atoms with van der Waals surface area (Å²) in [5.41, 5.74) is -0.273. The van der Waals surface area contributed by atoms with Gasteiger partial charge in [0.25, 0.3) is 0 Å². The number of rotatable bonds is 10. The van der Waals surface area contributed by atoms with E-state index in [0.29, 0.717) is 17.5 Å². The van der Waals surface area contributed by atoms with Crippen LogP contribution < -0.4 is 10.1 Å². The molecule has 200 valence electrons. The Hall–Kier alpha value is -2.72. The molecular formula is C26H30ClF3N4O2S. The SMILES string of the molecule is CC(C)Cn1c(SCC(=O)Nc2ccc(Cl)cc2C(F)(F)F)nnc1C(C)Oc1ccccc1C(C)C. The number of nitrogens with zero attached hydrogens (tertiary/aromatic N) is 3. The van der Waals surface area contributed by atoms with Crippen molar-refractivity contribution in [2.24, 2.45) is 5.92 Å². The molecule has 1 aromatic heterocycles. The number of carbonyl (C=O) groups is 1. The van der Waals surface area contributed by atoms with Crippen LogP contribution in [-0.4, -0.2) is 26.4 Å². The summed E-state index contributed by atoms with van der Waals surface area (Å²) in [7, 11) is 0. The molecular weight excluding hydrogens is 525 g/mol. The summed E-state index contributed by atoms with van der Waals surface area (Å²) in [5, 5.41) is 11.3. The Balaban J connectivity index is 1.76. The maximum Gasteiger partial charge on any atom is 0.418 e. The van der Waals surface area contributed by atoms with Gasteiger partial charge in [0.15, 0.2) is 17.1 Å². The summed E-state index contributed by atoms with van der Waals surface area (Å²) in [6.45, 7) is 10.7. The van der Waals surface area contributed by atoms with Gasteiger partial charge in [0.2, 0.25) is 5.91 Å². The molecule has 0 aliphatic heterocycles. The third-order valence-electron chi connectivity index (χ3n) is 5.40. The number of aromatic nitrogens is 3. The maximum atomic E-state index is 13.4. The Morgan fingerprint density at radius 2 is 1.81 bits per heavy atom. The summed E-state index contributed by atoms with van der Waals surface area (Å²) in [4.78, 5) is 12.6. The van der Waals surface area contributed by atoms with Crippen LogP contribution in [0.1, 0.15) is 63.6 Å². The molecule has 1 atom stereocenters. The number of ether oxygens (including phenoxy) is 1. The highest BCUT2D eigenvalue weighted by molar-refractivity contribution is 7.99. The topological polar surface area (TPSA) is 69.0 Å². The third-order valence-corrected chi connectivity index (χ3v) is 6.60. The van der Waals surface area contributed by atoms with Crippen molar-refractivity contribution >= 4 is 35.0 Å². The second-order valence-electron chi connectivity index (χ2n) is 9.32. The maximum absolute atomic E-state index is 13.4. The second-order valence-corrected chi connectivity index (χ2v) is 10.7. The van der Waals surface area contributed by atoms with Crippen molar-refractivity contribution in [2.75, 3.05) is 11.1 Å². The number of hydrogen-bond donors (Lipinski definition) is 1. The van der Waals surface area contributed by atoms with Crippen LogP contribution >= 0.6 is 23.4 Å². The number of halogens is 4. The third kappa shape index (κ3) is 7.64. The molecule has 1 heterocycles. The molecule has 1 N–H and O–H groups in total. The number of anilines is 1. The highest BCUT2D eigenvalue weighted by atomic mass is 35.5. The summed E-state index contributed by atoms with van der Waals surface area (Å²) in [6, 6.07) is 11.0. The van der Waals surface area contributed by atoms with Crippen molar-refractivity contribution in [2.45, 2.75) is 64.5 Å². The van der Waals surface area contributed by atoms with Crippen LogP contribution in [-0.2, 0) is 17.5 Å². The van der Waals surface area contributed by atoms with Gasteiger partial charge in [-0.05, 0) is 48.6 Å². The number of carbonyl (C=O) groups excluding carboxylic acids is 1. The van der Waals surface area contributed by atoms with Crippen LogP contribution in [0.5, 0.6) is 5.75 Å². The van der Waals surface area contributed by atoms with Gasteiger partial charge in [-0.1, -0.05) is 69.3 Å². The fraction of sp³-hybridized carbons (Fsp3) is 0.423. The quantitative estimate of drug-likeness (QED) is 0.261. The highest BCUT2D eigenvalue weighted by Gasteiger charge is 2.34. The second kappa shape index (κ2) is 12.2. The average Bonchev–Trinajstić information content (AvgIpc) is 3.20. The van der Waals surface area contributed by atoms with Gasteiger partial charge in [-0.3, -0.25) is 4.79 Å².